The van der Waals surface area contributed by atoms with E-state index >= 15 is 0 Å². The molecule has 0 spiro atoms. The Kier molecular flexibility index (Phi) is 5.70. The van der Waals surface area contributed by atoms with Gasteiger partial charge in [-0.05, 0) is 37.5 Å². The van der Waals surface area contributed by atoms with Crippen LogP contribution < -0.4 is 10.1 Å². The summed E-state index contributed by atoms with van der Waals surface area (Å²) in [6, 6.07) is 4.82. The molecule has 1 aromatic carbocycles. The molecule has 1 atom stereocenters. The monoisotopic (exact) mass is 312 g/mol. The minimum Gasteiger partial charge on any atom is -0.491 e. The number of nitrogens with zero attached hydrogens (tertiary/aromatic N) is 1. The third-order valence-electron chi connectivity index (χ3n) is 3.49. The number of halogens is 1. The zero-order chi connectivity index (χ0) is 15.2. The number of hydrogen-bond acceptors (Lipinski definition) is 3. The van der Waals surface area contributed by atoms with Crippen LogP contribution in [-0.2, 0) is 0 Å². The van der Waals surface area contributed by atoms with Gasteiger partial charge in [0, 0.05) is 11.6 Å². The van der Waals surface area contributed by atoms with Crippen LogP contribution in [0.15, 0.2) is 18.2 Å². The highest BCUT2D eigenvalue weighted by Gasteiger charge is 2.28. The number of carbonyl (C=O) groups excluding carboxylic acids is 1. The Bertz CT molecular complexity index is 496. The first kappa shape index (κ1) is 15.9. The summed E-state index contributed by atoms with van der Waals surface area (Å²) in [6.07, 6.45) is 2.63. The standard InChI is InChI=1S/C15H21ClN2O3/c1-2-8-21-14-6-5-11(16)9-13(14)17-15(20)18-7-3-4-12(18)10-19/h5-6,9,12,19H,2-4,7-8,10H2,1H3,(H,17,20)/t12-/m0/s1. The second kappa shape index (κ2) is 7.52. The highest BCUT2D eigenvalue weighted by atomic mass is 35.5. The van der Waals surface area contributed by atoms with Gasteiger partial charge in [0.15, 0.2) is 0 Å². The average Bonchev–Trinajstić information content (AvgIpc) is 2.95. The number of rotatable bonds is 5. The topological polar surface area (TPSA) is 61.8 Å². The predicted molar refractivity (Wildman–Crippen MR) is 83.1 cm³/mol. The van der Waals surface area contributed by atoms with Crippen molar-refractivity contribution in [1.82, 2.24) is 4.90 Å². The van der Waals surface area contributed by atoms with Crippen molar-refractivity contribution in [2.75, 3.05) is 25.1 Å². The molecule has 1 aliphatic rings. The van der Waals surface area contributed by atoms with Crippen molar-refractivity contribution in [2.24, 2.45) is 0 Å². The van der Waals surface area contributed by atoms with Crippen LogP contribution >= 0.6 is 11.6 Å². The van der Waals surface area contributed by atoms with E-state index in [0.717, 1.165) is 19.3 Å². The van der Waals surface area contributed by atoms with Gasteiger partial charge in [-0.1, -0.05) is 18.5 Å². The second-order valence-corrected chi connectivity index (χ2v) is 5.53. The highest BCUT2D eigenvalue weighted by molar-refractivity contribution is 6.31. The number of urea groups is 1. The third kappa shape index (κ3) is 4.02. The van der Waals surface area contributed by atoms with Crippen LogP contribution in [-0.4, -0.2) is 41.8 Å². The van der Waals surface area contributed by atoms with Gasteiger partial charge in [0.25, 0.3) is 0 Å². The molecule has 0 aliphatic carbocycles. The number of nitrogens with one attached hydrogen (secondary N) is 1. The number of aliphatic hydroxyl groups is 1. The lowest BCUT2D eigenvalue weighted by Gasteiger charge is -2.24. The summed E-state index contributed by atoms with van der Waals surface area (Å²) in [5.74, 6) is 0.606. The first-order valence-electron chi connectivity index (χ1n) is 7.26. The second-order valence-electron chi connectivity index (χ2n) is 5.09. The van der Waals surface area contributed by atoms with E-state index < -0.39 is 0 Å². The maximum Gasteiger partial charge on any atom is 0.322 e. The fourth-order valence-electron chi connectivity index (χ4n) is 2.42. The molecule has 0 saturated carbocycles. The molecule has 2 amide bonds. The maximum atomic E-state index is 12.3. The number of anilines is 1. The molecule has 0 radical (unpaired) electrons. The molecule has 1 heterocycles. The van der Waals surface area contributed by atoms with Crippen molar-refractivity contribution in [3.8, 4) is 5.75 Å². The molecule has 0 aromatic heterocycles. The van der Waals surface area contributed by atoms with Gasteiger partial charge in [0.1, 0.15) is 5.75 Å². The molecular weight excluding hydrogens is 292 g/mol. The molecule has 2 N–H and O–H groups in total. The first-order chi connectivity index (χ1) is 10.2. The molecule has 1 aliphatic heterocycles. The van der Waals surface area contributed by atoms with Gasteiger partial charge in [-0.15, -0.1) is 0 Å². The number of ether oxygens (including phenoxy) is 1. The highest BCUT2D eigenvalue weighted by Crippen LogP contribution is 2.29. The largest absolute Gasteiger partial charge is 0.491 e. The average molecular weight is 313 g/mol. The fraction of sp³-hybridized carbons (Fsp3) is 0.533. The molecule has 1 saturated heterocycles. The van der Waals surface area contributed by atoms with E-state index in [1.165, 1.54) is 0 Å². The molecule has 0 bridgehead atoms. The molecule has 1 aromatic rings. The van der Waals surface area contributed by atoms with Crippen LogP contribution in [0.1, 0.15) is 26.2 Å². The number of carbonyl (C=O) groups is 1. The smallest absolute Gasteiger partial charge is 0.322 e. The maximum absolute atomic E-state index is 12.3. The molecular formula is C15H21ClN2O3. The van der Waals surface area contributed by atoms with Gasteiger partial charge in [-0.25, -0.2) is 4.79 Å². The van der Waals surface area contributed by atoms with Gasteiger partial charge >= 0.3 is 6.03 Å². The summed E-state index contributed by atoms with van der Waals surface area (Å²) >= 11 is 5.99. The van der Waals surface area contributed by atoms with E-state index in [4.69, 9.17) is 16.3 Å². The van der Waals surface area contributed by atoms with Gasteiger partial charge in [-0.3, -0.25) is 0 Å². The van der Waals surface area contributed by atoms with Crippen molar-refractivity contribution in [3.05, 3.63) is 23.2 Å². The minimum absolute atomic E-state index is 0.0117. The number of benzene rings is 1. The molecule has 2 rings (SSSR count). The van der Waals surface area contributed by atoms with Crippen LogP contribution in [0.25, 0.3) is 0 Å². The van der Waals surface area contributed by atoms with E-state index in [-0.39, 0.29) is 18.7 Å². The molecule has 0 unspecified atom stereocenters. The van der Waals surface area contributed by atoms with E-state index in [0.29, 0.717) is 29.6 Å². The molecule has 1 fully saturated rings. The van der Waals surface area contributed by atoms with Crippen molar-refractivity contribution in [1.29, 1.82) is 0 Å². The van der Waals surface area contributed by atoms with Crippen LogP contribution in [0.3, 0.4) is 0 Å². The Labute approximate surface area is 129 Å². The summed E-state index contributed by atoms with van der Waals surface area (Å²) in [5.41, 5.74) is 0.560. The molecule has 116 valence electrons. The number of amides is 2. The number of hydrogen-bond donors (Lipinski definition) is 2. The SMILES string of the molecule is CCCOc1ccc(Cl)cc1NC(=O)N1CCC[C@H]1CO. The minimum atomic E-state index is -0.227. The Morgan fingerprint density at radius 2 is 2.38 bits per heavy atom. The number of aliphatic hydroxyl groups excluding tert-OH is 1. The summed E-state index contributed by atoms with van der Waals surface area (Å²) < 4.78 is 5.62. The lowest BCUT2D eigenvalue weighted by atomic mass is 10.2. The van der Waals surface area contributed by atoms with Gasteiger partial charge in [0.05, 0.1) is 24.9 Å². The lowest BCUT2D eigenvalue weighted by molar-refractivity contribution is 0.166. The summed E-state index contributed by atoms with van der Waals surface area (Å²) in [6.45, 7) is 3.24. The first-order valence-corrected chi connectivity index (χ1v) is 7.64. The van der Waals surface area contributed by atoms with Crippen molar-refractivity contribution in [2.45, 2.75) is 32.2 Å². The quantitative estimate of drug-likeness (QED) is 0.878. The van der Waals surface area contributed by atoms with Gasteiger partial charge in [0.2, 0.25) is 0 Å². The zero-order valence-electron chi connectivity index (χ0n) is 12.1. The van der Waals surface area contributed by atoms with E-state index in [9.17, 15) is 9.90 Å². The number of likely N-dealkylation sites (tertiary alicyclic amines) is 1. The summed E-state index contributed by atoms with van der Waals surface area (Å²) in [7, 11) is 0. The van der Waals surface area contributed by atoms with E-state index in [1.807, 2.05) is 6.92 Å². The summed E-state index contributed by atoms with van der Waals surface area (Å²) in [4.78, 5) is 14.0. The Morgan fingerprint density at radius 3 is 3.10 bits per heavy atom. The fourth-order valence-corrected chi connectivity index (χ4v) is 2.59. The predicted octanol–water partition coefficient (Wildman–Crippen LogP) is 3.12. The van der Waals surface area contributed by atoms with Crippen molar-refractivity contribution in [3.63, 3.8) is 0 Å². The van der Waals surface area contributed by atoms with Gasteiger partial charge in [-0.2, -0.15) is 0 Å². The Morgan fingerprint density at radius 1 is 1.57 bits per heavy atom. The Hall–Kier alpha value is -1.46. The molecule has 6 heteroatoms. The molecule has 21 heavy (non-hydrogen) atoms. The molecule has 5 nitrogen and oxygen atoms in total. The zero-order valence-corrected chi connectivity index (χ0v) is 12.9. The van der Waals surface area contributed by atoms with Crippen LogP contribution in [0, 0.1) is 0 Å². The third-order valence-corrected chi connectivity index (χ3v) is 3.73. The van der Waals surface area contributed by atoms with Crippen LogP contribution in [0.2, 0.25) is 5.02 Å². The normalized spacial score (nSPS) is 17.9. The van der Waals surface area contributed by atoms with E-state index in [2.05, 4.69) is 5.32 Å². The van der Waals surface area contributed by atoms with Gasteiger partial charge < -0.3 is 20.1 Å². The summed E-state index contributed by atoms with van der Waals surface area (Å²) in [5, 5.41) is 12.7. The van der Waals surface area contributed by atoms with Crippen molar-refractivity contribution < 1.29 is 14.6 Å². The van der Waals surface area contributed by atoms with Crippen LogP contribution in [0.5, 0.6) is 5.75 Å². The lowest BCUT2D eigenvalue weighted by Crippen LogP contribution is -2.40. The Balaban J connectivity index is 2.10. The van der Waals surface area contributed by atoms with Crippen molar-refractivity contribution >= 4 is 23.3 Å². The van der Waals surface area contributed by atoms with E-state index in [1.54, 1.807) is 23.1 Å². The van der Waals surface area contributed by atoms with Crippen LogP contribution in [0.4, 0.5) is 10.5 Å².